The van der Waals surface area contributed by atoms with E-state index in [4.69, 9.17) is 4.74 Å². The van der Waals surface area contributed by atoms with Gasteiger partial charge >= 0.3 is 0 Å². The minimum absolute atomic E-state index is 0.0983. The molecule has 0 saturated carbocycles. The lowest BCUT2D eigenvalue weighted by molar-refractivity contribution is 0.0888. The SMILES string of the molecule is O[C@H]1CO[C@H](c2ccccc2)C1. The van der Waals surface area contributed by atoms with Crippen molar-refractivity contribution >= 4 is 0 Å². The van der Waals surface area contributed by atoms with E-state index in [1.54, 1.807) is 0 Å². The van der Waals surface area contributed by atoms with Gasteiger partial charge in [-0.3, -0.25) is 0 Å². The Balaban J connectivity index is 2.11. The predicted octanol–water partition coefficient (Wildman–Crippen LogP) is 1.51. The standard InChI is InChI=1S/C10H12O2/c11-9-6-10(12-7-9)8-4-2-1-3-5-8/h1-5,9-11H,6-7H2/t9-,10+/m1/s1. The largest absolute Gasteiger partial charge is 0.391 e. The number of rotatable bonds is 1. The van der Waals surface area contributed by atoms with Gasteiger partial charge in [0.05, 0.1) is 18.8 Å². The molecular formula is C10H12O2. The molecule has 2 atom stereocenters. The van der Waals surface area contributed by atoms with Gasteiger partial charge in [0.15, 0.2) is 0 Å². The molecule has 0 spiro atoms. The molecule has 1 saturated heterocycles. The van der Waals surface area contributed by atoms with E-state index in [-0.39, 0.29) is 12.2 Å². The van der Waals surface area contributed by atoms with Gasteiger partial charge in [0.25, 0.3) is 0 Å². The van der Waals surface area contributed by atoms with Crippen molar-refractivity contribution in [3.63, 3.8) is 0 Å². The first-order chi connectivity index (χ1) is 5.86. The first-order valence-corrected chi connectivity index (χ1v) is 4.21. The number of aliphatic hydroxyl groups is 1. The Morgan fingerprint density at radius 2 is 2.00 bits per heavy atom. The average molecular weight is 164 g/mol. The average Bonchev–Trinajstić information content (AvgIpc) is 2.54. The smallest absolute Gasteiger partial charge is 0.0851 e. The minimum atomic E-state index is -0.282. The van der Waals surface area contributed by atoms with Crippen LogP contribution in [0.15, 0.2) is 30.3 Å². The fraction of sp³-hybridized carbons (Fsp3) is 0.400. The molecule has 1 fully saturated rings. The van der Waals surface area contributed by atoms with Crippen LogP contribution in [-0.2, 0) is 4.74 Å². The van der Waals surface area contributed by atoms with Gasteiger partial charge < -0.3 is 9.84 Å². The number of hydrogen-bond donors (Lipinski definition) is 1. The molecule has 0 aromatic heterocycles. The summed E-state index contributed by atoms with van der Waals surface area (Å²) in [6, 6.07) is 10.0. The molecule has 0 unspecified atom stereocenters. The van der Waals surface area contributed by atoms with Crippen LogP contribution in [0.3, 0.4) is 0 Å². The van der Waals surface area contributed by atoms with Crippen LogP contribution in [0, 0.1) is 0 Å². The second kappa shape index (κ2) is 3.25. The van der Waals surface area contributed by atoms with Crippen LogP contribution in [-0.4, -0.2) is 17.8 Å². The molecule has 0 amide bonds. The molecule has 1 N–H and O–H groups in total. The minimum Gasteiger partial charge on any atom is -0.391 e. The Morgan fingerprint density at radius 1 is 1.25 bits per heavy atom. The van der Waals surface area contributed by atoms with Gasteiger partial charge in [-0.15, -0.1) is 0 Å². The van der Waals surface area contributed by atoms with Gasteiger partial charge in [-0.25, -0.2) is 0 Å². The van der Waals surface area contributed by atoms with Crippen molar-refractivity contribution in [3.05, 3.63) is 35.9 Å². The van der Waals surface area contributed by atoms with Gasteiger partial charge in [0.2, 0.25) is 0 Å². The van der Waals surface area contributed by atoms with Crippen molar-refractivity contribution in [1.82, 2.24) is 0 Å². The van der Waals surface area contributed by atoms with Gasteiger partial charge in [-0.2, -0.15) is 0 Å². The topological polar surface area (TPSA) is 29.5 Å². The predicted molar refractivity (Wildman–Crippen MR) is 45.8 cm³/mol. The fourth-order valence-corrected chi connectivity index (χ4v) is 1.51. The van der Waals surface area contributed by atoms with Gasteiger partial charge in [0.1, 0.15) is 0 Å². The third kappa shape index (κ3) is 1.49. The summed E-state index contributed by atoms with van der Waals surface area (Å²) >= 11 is 0. The van der Waals surface area contributed by atoms with E-state index in [9.17, 15) is 5.11 Å². The van der Waals surface area contributed by atoms with Crippen LogP contribution in [0.25, 0.3) is 0 Å². The lowest BCUT2D eigenvalue weighted by Crippen LogP contribution is -2.02. The maximum Gasteiger partial charge on any atom is 0.0851 e. The quantitative estimate of drug-likeness (QED) is 0.681. The van der Waals surface area contributed by atoms with Crippen molar-refractivity contribution in [1.29, 1.82) is 0 Å². The van der Waals surface area contributed by atoms with Crippen LogP contribution in [0.1, 0.15) is 18.1 Å². The molecule has 1 aromatic rings. The van der Waals surface area contributed by atoms with E-state index in [1.807, 2.05) is 30.3 Å². The molecule has 1 heterocycles. The molecule has 2 heteroatoms. The van der Waals surface area contributed by atoms with E-state index in [2.05, 4.69) is 0 Å². The van der Waals surface area contributed by atoms with Crippen molar-refractivity contribution in [2.75, 3.05) is 6.61 Å². The summed E-state index contributed by atoms with van der Waals surface area (Å²) in [5.74, 6) is 0. The molecule has 0 bridgehead atoms. The Bertz CT molecular complexity index is 245. The maximum atomic E-state index is 9.24. The molecule has 1 aliphatic heterocycles. The Kier molecular flexibility index (Phi) is 2.11. The maximum absolute atomic E-state index is 9.24. The van der Waals surface area contributed by atoms with E-state index in [0.717, 1.165) is 12.0 Å². The third-order valence-corrected chi connectivity index (χ3v) is 2.15. The Labute approximate surface area is 71.8 Å². The second-order valence-corrected chi connectivity index (χ2v) is 3.12. The Morgan fingerprint density at radius 3 is 2.58 bits per heavy atom. The second-order valence-electron chi connectivity index (χ2n) is 3.12. The van der Waals surface area contributed by atoms with Crippen LogP contribution >= 0.6 is 0 Å². The summed E-state index contributed by atoms with van der Waals surface area (Å²) in [7, 11) is 0. The van der Waals surface area contributed by atoms with E-state index in [1.165, 1.54) is 0 Å². The summed E-state index contributed by atoms with van der Waals surface area (Å²) in [6.45, 7) is 0.472. The first-order valence-electron chi connectivity index (χ1n) is 4.21. The van der Waals surface area contributed by atoms with Crippen LogP contribution in [0.5, 0.6) is 0 Å². The molecular weight excluding hydrogens is 152 g/mol. The first kappa shape index (κ1) is 7.77. The van der Waals surface area contributed by atoms with E-state index < -0.39 is 0 Å². The van der Waals surface area contributed by atoms with Gasteiger partial charge in [-0.05, 0) is 5.56 Å². The van der Waals surface area contributed by atoms with E-state index >= 15 is 0 Å². The van der Waals surface area contributed by atoms with Crippen molar-refractivity contribution in [2.24, 2.45) is 0 Å². The number of benzene rings is 1. The van der Waals surface area contributed by atoms with Crippen molar-refractivity contribution in [2.45, 2.75) is 18.6 Å². The van der Waals surface area contributed by atoms with Crippen molar-refractivity contribution < 1.29 is 9.84 Å². The summed E-state index contributed by atoms with van der Waals surface area (Å²) in [5.41, 5.74) is 1.16. The zero-order valence-electron chi connectivity index (χ0n) is 6.81. The lowest BCUT2D eigenvalue weighted by Gasteiger charge is -2.07. The number of ether oxygens (including phenoxy) is 1. The normalized spacial score (nSPS) is 29.1. The van der Waals surface area contributed by atoms with E-state index in [0.29, 0.717) is 6.61 Å². The van der Waals surface area contributed by atoms with Crippen LogP contribution < -0.4 is 0 Å². The molecule has 2 rings (SSSR count). The number of hydrogen-bond acceptors (Lipinski definition) is 2. The summed E-state index contributed by atoms with van der Waals surface area (Å²) in [6.07, 6.45) is 0.542. The highest BCUT2D eigenvalue weighted by Crippen LogP contribution is 2.28. The van der Waals surface area contributed by atoms with Crippen LogP contribution in [0.4, 0.5) is 0 Å². The van der Waals surface area contributed by atoms with Crippen LogP contribution in [0.2, 0.25) is 0 Å². The summed E-state index contributed by atoms with van der Waals surface area (Å²) < 4.78 is 5.40. The summed E-state index contributed by atoms with van der Waals surface area (Å²) in [4.78, 5) is 0. The highest BCUT2D eigenvalue weighted by Gasteiger charge is 2.24. The fourth-order valence-electron chi connectivity index (χ4n) is 1.51. The number of aliphatic hydroxyl groups excluding tert-OH is 1. The molecule has 1 aliphatic rings. The lowest BCUT2D eigenvalue weighted by atomic mass is 10.1. The van der Waals surface area contributed by atoms with Gasteiger partial charge in [0, 0.05) is 6.42 Å². The molecule has 0 aliphatic carbocycles. The Hall–Kier alpha value is -0.860. The highest BCUT2D eigenvalue weighted by atomic mass is 16.5. The summed E-state index contributed by atoms with van der Waals surface area (Å²) in [5, 5.41) is 9.24. The molecule has 0 radical (unpaired) electrons. The van der Waals surface area contributed by atoms with Crippen molar-refractivity contribution in [3.8, 4) is 0 Å². The van der Waals surface area contributed by atoms with Gasteiger partial charge in [-0.1, -0.05) is 30.3 Å². The highest BCUT2D eigenvalue weighted by molar-refractivity contribution is 5.18. The third-order valence-electron chi connectivity index (χ3n) is 2.15. The zero-order valence-corrected chi connectivity index (χ0v) is 6.81. The molecule has 12 heavy (non-hydrogen) atoms. The molecule has 2 nitrogen and oxygen atoms in total. The molecule has 64 valence electrons. The zero-order chi connectivity index (χ0) is 8.39. The monoisotopic (exact) mass is 164 g/mol. The molecule has 1 aromatic carbocycles.